The van der Waals surface area contributed by atoms with Gasteiger partial charge in [-0.3, -0.25) is 5.43 Å². The molecular weight excluding hydrogens is 322 g/mol. The Morgan fingerprint density at radius 2 is 1.96 bits per heavy atom. The summed E-state index contributed by atoms with van der Waals surface area (Å²) < 4.78 is 11.3. The minimum atomic E-state index is 0.118. The second-order valence-corrected chi connectivity index (χ2v) is 5.50. The number of ether oxygens (including phenoxy) is 2. The Balaban J connectivity index is 2.10. The molecule has 0 saturated carbocycles. The molecule has 0 radical (unpaired) electrons. The Hall–Kier alpha value is -2.60. The van der Waals surface area contributed by atoms with Crippen LogP contribution in [-0.2, 0) is 13.0 Å². The fourth-order valence-electron chi connectivity index (χ4n) is 2.25. The van der Waals surface area contributed by atoms with E-state index in [9.17, 15) is 0 Å². The van der Waals surface area contributed by atoms with Crippen molar-refractivity contribution >= 4 is 23.5 Å². The van der Waals surface area contributed by atoms with Crippen molar-refractivity contribution in [2.75, 3.05) is 7.11 Å². The summed E-state index contributed by atoms with van der Waals surface area (Å²) in [6, 6.07) is 13.8. The van der Waals surface area contributed by atoms with Crippen molar-refractivity contribution in [2.24, 2.45) is 10.8 Å². The zero-order chi connectivity index (χ0) is 17.4. The van der Waals surface area contributed by atoms with E-state index in [1.807, 2.05) is 30.3 Å². The van der Waals surface area contributed by atoms with Crippen LogP contribution < -0.4 is 20.6 Å². The summed E-state index contributed by atoms with van der Waals surface area (Å²) in [5.41, 5.74) is 11.1. The molecule has 24 heavy (non-hydrogen) atoms. The lowest BCUT2D eigenvalue weighted by molar-refractivity contribution is 0.283. The molecule has 6 heteroatoms. The highest BCUT2D eigenvalue weighted by Crippen LogP contribution is 2.28. The molecule has 0 atom stereocenters. The number of thiocarbonyl (C=S) groups is 1. The topological polar surface area (TPSA) is 68.9 Å². The van der Waals surface area contributed by atoms with Crippen molar-refractivity contribution in [3.05, 3.63) is 59.2 Å². The summed E-state index contributed by atoms with van der Waals surface area (Å²) in [6.07, 6.45) is 2.58. The lowest BCUT2D eigenvalue weighted by Crippen LogP contribution is -2.23. The van der Waals surface area contributed by atoms with Crippen LogP contribution in [0.3, 0.4) is 0 Å². The summed E-state index contributed by atoms with van der Waals surface area (Å²) in [4.78, 5) is 0. The lowest BCUT2D eigenvalue weighted by Gasteiger charge is -2.13. The van der Waals surface area contributed by atoms with Crippen LogP contribution >= 0.6 is 12.2 Å². The van der Waals surface area contributed by atoms with Gasteiger partial charge in [0.05, 0.1) is 13.3 Å². The van der Waals surface area contributed by atoms with Crippen molar-refractivity contribution in [2.45, 2.75) is 20.0 Å². The zero-order valence-corrected chi connectivity index (χ0v) is 14.6. The van der Waals surface area contributed by atoms with E-state index < -0.39 is 0 Å². The highest BCUT2D eigenvalue weighted by molar-refractivity contribution is 7.80. The summed E-state index contributed by atoms with van der Waals surface area (Å²) in [5.74, 6) is 1.33. The second kappa shape index (κ2) is 8.88. The molecule has 0 aliphatic rings. The molecule has 0 fully saturated rings. The quantitative estimate of drug-likeness (QED) is 0.459. The van der Waals surface area contributed by atoms with E-state index in [4.69, 9.17) is 15.2 Å². The number of nitrogens with two attached hydrogens (primary N) is 1. The van der Waals surface area contributed by atoms with Crippen molar-refractivity contribution in [3.63, 3.8) is 0 Å². The van der Waals surface area contributed by atoms with Gasteiger partial charge in [-0.2, -0.15) is 5.10 Å². The van der Waals surface area contributed by atoms with E-state index in [1.165, 1.54) is 11.1 Å². The molecule has 0 aromatic heterocycles. The van der Waals surface area contributed by atoms with Crippen LogP contribution in [0.25, 0.3) is 0 Å². The van der Waals surface area contributed by atoms with Gasteiger partial charge in [0.25, 0.3) is 0 Å². The number of hydrogen-bond donors (Lipinski definition) is 2. The molecule has 0 aliphatic heterocycles. The van der Waals surface area contributed by atoms with Crippen LogP contribution in [0.2, 0.25) is 0 Å². The minimum Gasteiger partial charge on any atom is -0.493 e. The second-order valence-electron chi connectivity index (χ2n) is 5.06. The Morgan fingerprint density at radius 3 is 2.62 bits per heavy atom. The SMILES string of the molecule is CCc1ccccc1COc1ccc(/C=N\NC(N)=S)cc1OC. The van der Waals surface area contributed by atoms with Gasteiger partial charge < -0.3 is 15.2 Å². The lowest BCUT2D eigenvalue weighted by atomic mass is 10.1. The molecule has 0 bridgehead atoms. The van der Waals surface area contributed by atoms with Crippen LogP contribution in [0.5, 0.6) is 11.5 Å². The van der Waals surface area contributed by atoms with Gasteiger partial charge in [0.15, 0.2) is 16.6 Å². The minimum absolute atomic E-state index is 0.118. The maximum absolute atomic E-state index is 5.93. The third-order valence-corrected chi connectivity index (χ3v) is 3.55. The van der Waals surface area contributed by atoms with Gasteiger partial charge in [0.1, 0.15) is 6.61 Å². The fourth-order valence-corrected chi connectivity index (χ4v) is 2.31. The molecule has 2 aromatic carbocycles. The summed E-state index contributed by atoms with van der Waals surface area (Å²) >= 11 is 4.69. The molecule has 0 saturated heterocycles. The first-order chi connectivity index (χ1) is 11.6. The molecule has 126 valence electrons. The highest BCUT2D eigenvalue weighted by Gasteiger charge is 2.07. The van der Waals surface area contributed by atoms with Gasteiger partial charge in [-0.1, -0.05) is 31.2 Å². The third-order valence-electron chi connectivity index (χ3n) is 3.46. The van der Waals surface area contributed by atoms with Gasteiger partial charge in [-0.25, -0.2) is 0 Å². The van der Waals surface area contributed by atoms with Crippen molar-refractivity contribution in [3.8, 4) is 11.5 Å². The van der Waals surface area contributed by atoms with Crippen molar-refractivity contribution in [1.29, 1.82) is 0 Å². The number of rotatable bonds is 7. The van der Waals surface area contributed by atoms with E-state index in [1.54, 1.807) is 13.3 Å². The Kier molecular flexibility index (Phi) is 6.57. The molecule has 3 N–H and O–H groups in total. The first-order valence-corrected chi connectivity index (χ1v) is 8.01. The largest absolute Gasteiger partial charge is 0.493 e. The summed E-state index contributed by atoms with van der Waals surface area (Å²) in [5, 5.41) is 4.04. The monoisotopic (exact) mass is 343 g/mol. The highest BCUT2D eigenvalue weighted by atomic mass is 32.1. The fraction of sp³-hybridized carbons (Fsp3) is 0.222. The molecule has 0 spiro atoms. The standard InChI is InChI=1S/C18H21N3O2S/c1-3-14-6-4-5-7-15(14)12-23-16-9-8-13(10-17(16)22-2)11-20-21-18(19)24/h4-11H,3,12H2,1-2H3,(H3,19,21,24)/b20-11-. The van der Waals surface area contributed by atoms with E-state index in [0.29, 0.717) is 18.1 Å². The maximum Gasteiger partial charge on any atom is 0.184 e. The van der Waals surface area contributed by atoms with Crippen LogP contribution in [-0.4, -0.2) is 18.4 Å². The Bertz CT molecular complexity index is 732. The molecule has 2 aromatic rings. The maximum atomic E-state index is 5.93. The number of hydrazone groups is 1. The molecule has 2 rings (SSSR count). The first kappa shape index (κ1) is 17.7. The van der Waals surface area contributed by atoms with Crippen LogP contribution in [0, 0.1) is 0 Å². The average molecular weight is 343 g/mol. The van der Waals surface area contributed by atoms with Crippen LogP contribution in [0.15, 0.2) is 47.6 Å². The number of nitrogens with one attached hydrogen (secondary N) is 1. The molecule has 0 amide bonds. The van der Waals surface area contributed by atoms with Crippen LogP contribution in [0.1, 0.15) is 23.6 Å². The molecule has 0 aliphatic carbocycles. The molecule has 0 heterocycles. The number of methoxy groups -OCH3 is 1. The van der Waals surface area contributed by atoms with Gasteiger partial charge in [0.2, 0.25) is 0 Å². The van der Waals surface area contributed by atoms with E-state index >= 15 is 0 Å². The number of hydrogen-bond acceptors (Lipinski definition) is 4. The molecular formula is C18H21N3O2S. The van der Waals surface area contributed by atoms with Crippen LogP contribution in [0.4, 0.5) is 0 Å². The molecule has 5 nitrogen and oxygen atoms in total. The number of benzene rings is 2. The number of nitrogens with zero attached hydrogens (tertiary/aromatic N) is 1. The van der Waals surface area contributed by atoms with Gasteiger partial charge in [0, 0.05) is 0 Å². The van der Waals surface area contributed by atoms with Crippen molar-refractivity contribution in [1.82, 2.24) is 5.43 Å². The first-order valence-electron chi connectivity index (χ1n) is 7.60. The van der Waals surface area contributed by atoms with E-state index in [0.717, 1.165) is 12.0 Å². The van der Waals surface area contributed by atoms with Gasteiger partial charge >= 0.3 is 0 Å². The predicted octanol–water partition coefficient (Wildman–Crippen LogP) is 3.00. The Morgan fingerprint density at radius 1 is 1.21 bits per heavy atom. The third kappa shape index (κ3) is 4.96. The van der Waals surface area contributed by atoms with Gasteiger partial charge in [-0.15, -0.1) is 0 Å². The summed E-state index contributed by atoms with van der Waals surface area (Å²) in [6.45, 7) is 2.63. The Labute approximate surface area is 147 Å². The predicted molar refractivity (Wildman–Crippen MR) is 101 cm³/mol. The smallest absolute Gasteiger partial charge is 0.184 e. The molecule has 0 unspecified atom stereocenters. The van der Waals surface area contributed by atoms with Crippen molar-refractivity contribution < 1.29 is 9.47 Å². The average Bonchev–Trinajstić information content (AvgIpc) is 2.60. The van der Waals surface area contributed by atoms with E-state index in [-0.39, 0.29) is 5.11 Å². The summed E-state index contributed by atoms with van der Waals surface area (Å²) in [7, 11) is 1.61. The number of aryl methyl sites for hydroxylation is 1. The zero-order valence-electron chi connectivity index (χ0n) is 13.8. The van der Waals surface area contributed by atoms with E-state index in [2.05, 4.69) is 41.8 Å². The van der Waals surface area contributed by atoms with Gasteiger partial charge in [-0.05, 0) is 53.5 Å². The normalized spacial score (nSPS) is 10.6.